The van der Waals surface area contributed by atoms with Gasteiger partial charge >= 0.3 is 0 Å². The van der Waals surface area contributed by atoms with Crippen molar-refractivity contribution in [1.29, 1.82) is 0 Å². The zero-order valence-electron chi connectivity index (χ0n) is 12.2. The zero-order chi connectivity index (χ0) is 15.2. The first kappa shape index (κ1) is 18.2. The van der Waals surface area contributed by atoms with Gasteiger partial charge in [0.25, 0.3) is 0 Å². The number of nitrogens with one attached hydrogen (secondary N) is 2. The summed E-state index contributed by atoms with van der Waals surface area (Å²) in [5, 5.41) is 14.0. The standard InChI is InChI=1S/C14H16N4O2S2.ClH/c19-13(7-11-8-20-6-5-15-11)17-10-1-3-12(4-2-10)22-14-18-16-9-21-14;/h1-4,9,11,15H,5-8H2,(H,17,19);1H. The van der Waals surface area contributed by atoms with Gasteiger partial charge in [-0.1, -0.05) is 23.1 Å². The van der Waals surface area contributed by atoms with E-state index in [1.165, 1.54) is 11.3 Å². The summed E-state index contributed by atoms with van der Waals surface area (Å²) in [6.45, 7) is 2.10. The highest BCUT2D eigenvalue weighted by Crippen LogP contribution is 2.29. The van der Waals surface area contributed by atoms with Gasteiger partial charge in [0.1, 0.15) is 5.51 Å². The highest BCUT2D eigenvalue weighted by molar-refractivity contribution is 8.01. The van der Waals surface area contributed by atoms with Crippen LogP contribution in [0.2, 0.25) is 0 Å². The molecule has 1 saturated heterocycles. The average molecular weight is 373 g/mol. The Bertz CT molecular complexity index is 604. The minimum Gasteiger partial charge on any atom is -0.378 e. The van der Waals surface area contributed by atoms with Gasteiger partial charge in [-0.25, -0.2) is 0 Å². The van der Waals surface area contributed by atoms with Gasteiger partial charge in [0, 0.05) is 29.6 Å². The molecule has 9 heteroatoms. The van der Waals surface area contributed by atoms with Crippen molar-refractivity contribution in [2.24, 2.45) is 0 Å². The van der Waals surface area contributed by atoms with Gasteiger partial charge in [-0.3, -0.25) is 4.79 Å². The predicted octanol–water partition coefficient (Wildman–Crippen LogP) is 2.43. The van der Waals surface area contributed by atoms with E-state index >= 15 is 0 Å². The van der Waals surface area contributed by atoms with Gasteiger partial charge in [0.05, 0.1) is 13.2 Å². The lowest BCUT2D eigenvalue weighted by molar-refractivity contribution is -0.117. The summed E-state index contributed by atoms with van der Waals surface area (Å²) in [6, 6.07) is 7.81. The lowest BCUT2D eigenvalue weighted by atomic mass is 10.2. The lowest BCUT2D eigenvalue weighted by Crippen LogP contribution is -2.43. The van der Waals surface area contributed by atoms with Gasteiger partial charge < -0.3 is 15.4 Å². The SMILES string of the molecule is Cl.O=C(CC1COCCN1)Nc1ccc(Sc2nncs2)cc1. The monoisotopic (exact) mass is 372 g/mol. The van der Waals surface area contributed by atoms with Crippen molar-refractivity contribution in [1.82, 2.24) is 15.5 Å². The van der Waals surface area contributed by atoms with Crippen LogP contribution in [0.1, 0.15) is 6.42 Å². The normalized spacial score (nSPS) is 17.3. The van der Waals surface area contributed by atoms with Gasteiger partial charge in [0.15, 0.2) is 4.34 Å². The van der Waals surface area contributed by atoms with Crippen LogP contribution in [0.4, 0.5) is 5.69 Å². The van der Waals surface area contributed by atoms with Crippen LogP contribution in [-0.2, 0) is 9.53 Å². The first-order valence-electron chi connectivity index (χ1n) is 6.95. The molecular weight excluding hydrogens is 356 g/mol. The minimum atomic E-state index is -0.00692. The largest absolute Gasteiger partial charge is 0.378 e. The molecule has 0 saturated carbocycles. The number of rotatable bonds is 5. The van der Waals surface area contributed by atoms with Crippen molar-refractivity contribution in [3.63, 3.8) is 0 Å². The first-order valence-corrected chi connectivity index (χ1v) is 8.64. The smallest absolute Gasteiger partial charge is 0.226 e. The van der Waals surface area contributed by atoms with E-state index in [1.807, 2.05) is 24.3 Å². The van der Waals surface area contributed by atoms with Crippen LogP contribution < -0.4 is 10.6 Å². The Morgan fingerprint density at radius 3 is 2.91 bits per heavy atom. The van der Waals surface area contributed by atoms with Gasteiger partial charge in [-0.05, 0) is 24.3 Å². The second-order valence-corrected chi connectivity index (χ2v) is 6.96. The third-order valence-corrected chi connectivity index (χ3v) is 4.90. The quantitative estimate of drug-likeness (QED) is 0.839. The number of amides is 1. The van der Waals surface area contributed by atoms with Crippen LogP contribution in [-0.4, -0.2) is 41.9 Å². The second kappa shape index (κ2) is 9.19. The third kappa shape index (κ3) is 5.74. The van der Waals surface area contributed by atoms with Crippen LogP contribution >= 0.6 is 35.5 Å². The fraction of sp³-hybridized carbons (Fsp3) is 0.357. The molecule has 6 nitrogen and oxygen atoms in total. The van der Waals surface area contributed by atoms with Crippen LogP contribution in [0.5, 0.6) is 0 Å². The van der Waals surface area contributed by atoms with Gasteiger partial charge in [-0.15, -0.1) is 22.6 Å². The highest BCUT2D eigenvalue weighted by Gasteiger charge is 2.16. The molecule has 0 bridgehead atoms. The number of carbonyl (C=O) groups excluding carboxylic acids is 1. The molecule has 1 atom stereocenters. The Morgan fingerprint density at radius 2 is 2.26 bits per heavy atom. The summed E-state index contributed by atoms with van der Waals surface area (Å²) >= 11 is 3.06. The van der Waals surface area contributed by atoms with Crippen molar-refractivity contribution < 1.29 is 9.53 Å². The van der Waals surface area contributed by atoms with E-state index in [0.717, 1.165) is 21.5 Å². The molecule has 1 aromatic heterocycles. The Labute approximate surface area is 148 Å². The summed E-state index contributed by atoms with van der Waals surface area (Å²) in [5.41, 5.74) is 2.50. The van der Waals surface area contributed by atoms with Gasteiger partial charge in [0.2, 0.25) is 5.91 Å². The van der Waals surface area contributed by atoms with Crippen molar-refractivity contribution in [2.45, 2.75) is 21.7 Å². The summed E-state index contributed by atoms with van der Waals surface area (Å²) in [4.78, 5) is 13.1. The van der Waals surface area contributed by atoms with Crippen LogP contribution in [0.15, 0.2) is 39.0 Å². The lowest BCUT2D eigenvalue weighted by Gasteiger charge is -2.23. The van der Waals surface area contributed by atoms with E-state index in [2.05, 4.69) is 20.8 Å². The molecule has 0 radical (unpaired) electrons. The average Bonchev–Trinajstić information content (AvgIpc) is 3.03. The summed E-state index contributed by atoms with van der Waals surface area (Å²) in [7, 11) is 0. The van der Waals surface area contributed by atoms with Crippen LogP contribution in [0.25, 0.3) is 0 Å². The molecule has 3 rings (SSSR count). The fourth-order valence-corrected chi connectivity index (χ4v) is 3.55. The summed E-state index contributed by atoms with van der Waals surface area (Å²) < 4.78 is 6.25. The molecule has 1 unspecified atom stereocenters. The number of hydrogen-bond donors (Lipinski definition) is 2. The van der Waals surface area contributed by atoms with E-state index < -0.39 is 0 Å². The van der Waals surface area contributed by atoms with E-state index in [1.54, 1.807) is 17.3 Å². The molecule has 0 spiro atoms. The molecule has 2 N–H and O–H groups in total. The molecular formula is C14H17ClN4O2S2. The molecule has 1 fully saturated rings. The number of benzene rings is 1. The number of carbonyl (C=O) groups is 1. The maximum Gasteiger partial charge on any atom is 0.226 e. The number of hydrogen-bond acceptors (Lipinski definition) is 7. The van der Waals surface area contributed by atoms with Crippen molar-refractivity contribution in [3.05, 3.63) is 29.8 Å². The Hall–Kier alpha value is -1.19. The third-order valence-electron chi connectivity index (χ3n) is 3.11. The highest BCUT2D eigenvalue weighted by atomic mass is 35.5. The van der Waals surface area contributed by atoms with Gasteiger partial charge in [-0.2, -0.15) is 0 Å². The van der Waals surface area contributed by atoms with Crippen LogP contribution in [0, 0.1) is 0 Å². The predicted molar refractivity (Wildman–Crippen MR) is 93.6 cm³/mol. The van der Waals surface area contributed by atoms with E-state index in [0.29, 0.717) is 19.6 Å². The molecule has 2 aromatic rings. The fourth-order valence-electron chi connectivity index (χ4n) is 2.10. The summed E-state index contributed by atoms with van der Waals surface area (Å²) in [6.07, 6.45) is 0.418. The Kier molecular flexibility index (Phi) is 7.25. The number of aromatic nitrogens is 2. The number of nitrogens with zero attached hydrogens (tertiary/aromatic N) is 2. The molecule has 1 aliphatic rings. The second-order valence-electron chi connectivity index (χ2n) is 4.81. The summed E-state index contributed by atoms with van der Waals surface area (Å²) in [5.74, 6) is -0.00692. The Morgan fingerprint density at radius 1 is 1.43 bits per heavy atom. The maximum atomic E-state index is 12.0. The molecule has 124 valence electrons. The van der Waals surface area contributed by atoms with Crippen molar-refractivity contribution in [3.8, 4) is 0 Å². The molecule has 1 amide bonds. The minimum absolute atomic E-state index is 0. The molecule has 2 heterocycles. The number of ether oxygens (including phenoxy) is 1. The number of halogens is 1. The number of anilines is 1. The van der Waals surface area contributed by atoms with Crippen molar-refractivity contribution in [2.75, 3.05) is 25.1 Å². The van der Waals surface area contributed by atoms with Crippen molar-refractivity contribution >= 4 is 47.1 Å². The first-order chi connectivity index (χ1) is 10.8. The Balaban J connectivity index is 0.00000192. The molecule has 1 aliphatic heterocycles. The van der Waals surface area contributed by atoms with E-state index in [4.69, 9.17) is 4.74 Å². The molecule has 1 aromatic carbocycles. The van der Waals surface area contributed by atoms with E-state index in [-0.39, 0.29) is 24.4 Å². The topological polar surface area (TPSA) is 76.1 Å². The van der Waals surface area contributed by atoms with Crippen LogP contribution in [0.3, 0.4) is 0 Å². The zero-order valence-corrected chi connectivity index (χ0v) is 14.7. The molecule has 23 heavy (non-hydrogen) atoms. The van der Waals surface area contributed by atoms with E-state index in [9.17, 15) is 4.79 Å². The maximum absolute atomic E-state index is 12.0. The number of morpholine rings is 1. The molecule has 0 aliphatic carbocycles.